The molecule has 3 nitrogen and oxygen atoms in total. The smallest absolute Gasteiger partial charge is 0.126 e. The zero-order valence-corrected chi connectivity index (χ0v) is 31.4. The van der Waals surface area contributed by atoms with Crippen molar-refractivity contribution in [2.24, 2.45) is 5.92 Å². The van der Waals surface area contributed by atoms with Crippen LogP contribution < -0.4 is 5.19 Å². The summed E-state index contributed by atoms with van der Waals surface area (Å²) in [5, 5.41) is 3.17. The van der Waals surface area contributed by atoms with E-state index in [9.17, 15) is 4.39 Å². The zero-order chi connectivity index (χ0) is 33.0. The molecule has 0 saturated heterocycles. The third-order valence-corrected chi connectivity index (χ3v) is 10.2. The van der Waals surface area contributed by atoms with Gasteiger partial charge in [-0.05, 0) is 59.1 Å². The Balaban J connectivity index is 0.000000184. The largest absolute Gasteiger partial charge is 0.500 e. The average Bonchev–Trinajstić information content (AvgIpc) is 3.43. The maximum Gasteiger partial charge on any atom is 0.126 e. The van der Waals surface area contributed by atoms with E-state index in [0.717, 1.165) is 46.1 Å². The van der Waals surface area contributed by atoms with Gasteiger partial charge in [-0.3, -0.25) is 0 Å². The van der Waals surface area contributed by atoms with Crippen molar-refractivity contribution >= 4 is 35.2 Å². The van der Waals surface area contributed by atoms with Crippen molar-refractivity contribution in [2.75, 3.05) is 0 Å². The van der Waals surface area contributed by atoms with Crippen LogP contribution in [0.25, 0.3) is 44.5 Å². The molecular weight excluding hydrogens is 788 g/mol. The van der Waals surface area contributed by atoms with Gasteiger partial charge in [-0.25, -0.2) is 4.39 Å². The van der Waals surface area contributed by atoms with Crippen molar-refractivity contribution < 1.29 is 28.9 Å². The molecule has 1 radical (unpaired) electrons. The van der Waals surface area contributed by atoms with Gasteiger partial charge < -0.3 is 14.4 Å². The maximum absolute atomic E-state index is 13.5. The van der Waals surface area contributed by atoms with E-state index < -0.39 is 8.07 Å². The second kappa shape index (κ2) is 15.3. The number of furan rings is 1. The van der Waals surface area contributed by atoms with Gasteiger partial charge in [0.05, 0.1) is 13.7 Å². The molecule has 0 aliphatic carbocycles. The standard InChI is InChI=1S/C22H22N.C20H17FNOSi.Ir/c1-17(2)13-20-11-12-23-22(16-20)21-10-6-9-19(15-21)14-18-7-4-3-5-8-18;1-24(2,3)14-8-10-18(22-12-14)17-6-4-5-16-15-9-7-13(21)11-19(15)23-20(16)17;/h3-9,11-12,15-17H,13-14H2,1-2H3;4-5,7-12H,1-3H3;/q2*-1;. The minimum absolute atomic E-state index is 0. The number of halogens is 1. The molecule has 0 aliphatic rings. The van der Waals surface area contributed by atoms with Crippen molar-refractivity contribution in [1.29, 1.82) is 0 Å². The van der Waals surface area contributed by atoms with Crippen LogP contribution in [0.1, 0.15) is 30.5 Å². The van der Waals surface area contributed by atoms with Gasteiger partial charge in [0.1, 0.15) is 11.4 Å². The van der Waals surface area contributed by atoms with Gasteiger partial charge in [0, 0.05) is 44.0 Å². The second-order valence-corrected chi connectivity index (χ2v) is 18.5. The Morgan fingerprint density at radius 2 is 1.54 bits per heavy atom. The molecule has 6 heteroatoms. The number of aromatic nitrogens is 2. The Morgan fingerprint density at radius 3 is 2.27 bits per heavy atom. The minimum atomic E-state index is -1.38. The molecule has 0 unspecified atom stereocenters. The Bertz CT molecular complexity index is 2120. The monoisotopic (exact) mass is 827 g/mol. The topological polar surface area (TPSA) is 38.9 Å². The average molecular weight is 827 g/mol. The van der Waals surface area contributed by atoms with Gasteiger partial charge in [0.2, 0.25) is 0 Å². The normalized spacial score (nSPS) is 11.3. The van der Waals surface area contributed by atoms with E-state index in [1.54, 1.807) is 6.07 Å². The molecule has 0 fully saturated rings. The number of pyridine rings is 2. The first-order valence-electron chi connectivity index (χ1n) is 16.1. The van der Waals surface area contributed by atoms with E-state index in [0.29, 0.717) is 17.1 Å². The molecule has 0 amide bonds. The fourth-order valence-corrected chi connectivity index (χ4v) is 6.75. The van der Waals surface area contributed by atoms with E-state index in [-0.39, 0.29) is 25.9 Å². The van der Waals surface area contributed by atoms with E-state index >= 15 is 0 Å². The molecular formula is C42H39FIrN2OSi-2. The van der Waals surface area contributed by atoms with Crippen molar-refractivity contribution in [3.8, 4) is 22.5 Å². The van der Waals surface area contributed by atoms with Crippen LogP contribution in [0.3, 0.4) is 0 Å². The number of hydrogen-bond acceptors (Lipinski definition) is 3. The Hall–Kier alpha value is -4.22. The van der Waals surface area contributed by atoms with Gasteiger partial charge in [0.25, 0.3) is 0 Å². The molecule has 7 aromatic rings. The molecule has 0 N–H and O–H groups in total. The molecule has 0 aliphatic heterocycles. The molecule has 4 aromatic carbocycles. The molecule has 0 spiro atoms. The maximum atomic E-state index is 13.5. The number of nitrogens with zero attached hydrogens (tertiary/aromatic N) is 2. The number of benzene rings is 4. The summed E-state index contributed by atoms with van der Waals surface area (Å²) in [7, 11) is -1.38. The van der Waals surface area contributed by atoms with E-state index in [4.69, 9.17) is 4.42 Å². The molecule has 0 bridgehead atoms. The quantitative estimate of drug-likeness (QED) is 0.119. The summed E-state index contributed by atoms with van der Waals surface area (Å²) >= 11 is 0. The van der Waals surface area contributed by atoms with Gasteiger partial charge in [-0.1, -0.05) is 98.5 Å². The number of rotatable bonds is 7. The van der Waals surface area contributed by atoms with Gasteiger partial charge in [0.15, 0.2) is 0 Å². The zero-order valence-electron chi connectivity index (χ0n) is 28.0. The molecule has 245 valence electrons. The Labute approximate surface area is 297 Å². The van der Waals surface area contributed by atoms with Crippen molar-refractivity contribution in [3.05, 3.63) is 150 Å². The summed E-state index contributed by atoms with van der Waals surface area (Å²) in [5.41, 5.74) is 8.92. The fraction of sp³-hybridized carbons (Fsp3) is 0.190. The molecule has 48 heavy (non-hydrogen) atoms. The number of hydrogen-bond donors (Lipinski definition) is 0. The predicted octanol–water partition coefficient (Wildman–Crippen LogP) is 10.5. The Kier molecular flexibility index (Phi) is 11.2. The summed E-state index contributed by atoms with van der Waals surface area (Å²) in [6.45, 7) is 11.4. The van der Waals surface area contributed by atoms with Crippen molar-refractivity contribution in [3.63, 3.8) is 0 Å². The third kappa shape index (κ3) is 8.43. The first-order chi connectivity index (χ1) is 22.6. The fourth-order valence-electron chi connectivity index (χ4n) is 5.71. The Morgan fingerprint density at radius 1 is 0.750 bits per heavy atom. The summed E-state index contributed by atoms with van der Waals surface area (Å²) in [5.74, 6) is 0.350. The van der Waals surface area contributed by atoms with Gasteiger partial charge in [-0.15, -0.1) is 53.6 Å². The van der Waals surface area contributed by atoms with Crippen molar-refractivity contribution in [1.82, 2.24) is 9.97 Å². The van der Waals surface area contributed by atoms with Crippen LogP contribution in [0, 0.1) is 23.9 Å². The SMILES string of the molecule is CC(C)Cc1ccnc(-c2[c-]ccc(Cc3ccccc3)c2)c1.C[Si](C)(C)c1ccc(-c2[c-]ccc3c2oc2cc(F)ccc23)nc1.[Ir]. The van der Waals surface area contributed by atoms with Crippen LogP contribution >= 0.6 is 0 Å². The van der Waals surface area contributed by atoms with E-state index in [1.165, 1.54) is 34.0 Å². The van der Waals surface area contributed by atoms with Crippen LogP contribution in [0.15, 0.2) is 120 Å². The van der Waals surface area contributed by atoms with E-state index in [2.05, 4.69) is 116 Å². The van der Waals surface area contributed by atoms with Gasteiger partial charge >= 0.3 is 0 Å². The van der Waals surface area contributed by atoms with Crippen LogP contribution in [0.4, 0.5) is 4.39 Å². The minimum Gasteiger partial charge on any atom is -0.500 e. The predicted molar refractivity (Wildman–Crippen MR) is 195 cm³/mol. The van der Waals surface area contributed by atoms with Crippen molar-refractivity contribution in [2.45, 2.75) is 46.3 Å². The third-order valence-electron chi connectivity index (χ3n) is 8.14. The molecule has 0 atom stereocenters. The summed E-state index contributed by atoms with van der Waals surface area (Å²) in [4.78, 5) is 9.16. The molecule has 3 heterocycles. The van der Waals surface area contributed by atoms with Gasteiger partial charge in [-0.2, -0.15) is 0 Å². The van der Waals surface area contributed by atoms with E-state index in [1.807, 2.05) is 36.7 Å². The summed E-state index contributed by atoms with van der Waals surface area (Å²) in [6, 6.07) is 40.3. The molecule has 7 rings (SSSR count). The van der Waals surface area contributed by atoms with Crippen LogP contribution in [-0.4, -0.2) is 18.0 Å². The first-order valence-corrected chi connectivity index (χ1v) is 19.6. The van der Waals surface area contributed by atoms with Crippen LogP contribution in [0.5, 0.6) is 0 Å². The van der Waals surface area contributed by atoms with Crippen LogP contribution in [0.2, 0.25) is 19.6 Å². The first kappa shape index (κ1) is 35.1. The summed E-state index contributed by atoms with van der Waals surface area (Å²) < 4.78 is 19.4. The molecule has 0 saturated carbocycles. The summed E-state index contributed by atoms with van der Waals surface area (Å²) in [6.07, 6.45) is 5.88. The van der Waals surface area contributed by atoms with Crippen LogP contribution in [-0.2, 0) is 32.9 Å². The number of fused-ring (bicyclic) bond motifs is 3. The second-order valence-electron chi connectivity index (χ2n) is 13.4. The molecule has 3 aromatic heterocycles.